The lowest BCUT2D eigenvalue weighted by Crippen LogP contribution is -2.26. The minimum absolute atomic E-state index is 0.636. The Morgan fingerprint density at radius 2 is 2.24 bits per heavy atom. The van der Waals surface area contributed by atoms with E-state index in [1.54, 1.807) is 0 Å². The third-order valence-corrected chi connectivity index (χ3v) is 3.83. The lowest BCUT2D eigenvalue weighted by molar-refractivity contribution is 0.444. The standard InChI is InChI=1S/C13H24N4/c1-3-8-17-13(10-15-16-17)11-6-4-5-7-12(9-11)14-2/h10-12,14H,3-9H2,1-2H3. The van der Waals surface area contributed by atoms with E-state index in [4.69, 9.17) is 0 Å². The van der Waals surface area contributed by atoms with Crippen molar-refractivity contribution < 1.29 is 0 Å². The largest absolute Gasteiger partial charge is 0.317 e. The van der Waals surface area contributed by atoms with E-state index in [-0.39, 0.29) is 0 Å². The summed E-state index contributed by atoms with van der Waals surface area (Å²) in [5.41, 5.74) is 1.34. The van der Waals surface area contributed by atoms with Crippen molar-refractivity contribution in [2.75, 3.05) is 7.05 Å². The van der Waals surface area contributed by atoms with Crippen molar-refractivity contribution in [3.8, 4) is 0 Å². The molecule has 0 amide bonds. The number of nitrogens with zero attached hydrogens (tertiary/aromatic N) is 3. The average molecular weight is 236 g/mol. The quantitative estimate of drug-likeness (QED) is 0.816. The van der Waals surface area contributed by atoms with E-state index in [0.717, 1.165) is 13.0 Å². The van der Waals surface area contributed by atoms with Crippen molar-refractivity contribution in [3.63, 3.8) is 0 Å². The molecule has 1 N–H and O–H groups in total. The Morgan fingerprint density at radius 1 is 1.41 bits per heavy atom. The molecular weight excluding hydrogens is 212 g/mol. The van der Waals surface area contributed by atoms with Crippen molar-refractivity contribution in [3.05, 3.63) is 11.9 Å². The van der Waals surface area contributed by atoms with Crippen molar-refractivity contribution >= 4 is 0 Å². The first-order valence-electron chi connectivity index (χ1n) is 6.90. The smallest absolute Gasteiger partial charge is 0.0728 e. The van der Waals surface area contributed by atoms with Crippen LogP contribution in [0.5, 0.6) is 0 Å². The van der Waals surface area contributed by atoms with Gasteiger partial charge in [-0.2, -0.15) is 0 Å². The first-order valence-corrected chi connectivity index (χ1v) is 6.90. The van der Waals surface area contributed by atoms with E-state index in [1.165, 1.54) is 37.8 Å². The van der Waals surface area contributed by atoms with Gasteiger partial charge in [-0.15, -0.1) is 5.10 Å². The van der Waals surface area contributed by atoms with Gasteiger partial charge in [0, 0.05) is 18.5 Å². The Balaban J connectivity index is 2.10. The number of aromatic nitrogens is 3. The fourth-order valence-corrected chi connectivity index (χ4v) is 2.86. The molecule has 1 aliphatic rings. The molecule has 0 radical (unpaired) electrons. The highest BCUT2D eigenvalue weighted by molar-refractivity contribution is 5.05. The maximum Gasteiger partial charge on any atom is 0.0728 e. The number of hydrogen-bond donors (Lipinski definition) is 1. The Hall–Kier alpha value is -0.900. The summed E-state index contributed by atoms with van der Waals surface area (Å²) in [6.45, 7) is 3.19. The van der Waals surface area contributed by atoms with Crippen LogP contribution >= 0.6 is 0 Å². The summed E-state index contributed by atoms with van der Waals surface area (Å²) in [6, 6.07) is 0.660. The Morgan fingerprint density at radius 3 is 3.00 bits per heavy atom. The number of aryl methyl sites for hydroxylation is 1. The van der Waals surface area contributed by atoms with Crippen molar-refractivity contribution in [2.24, 2.45) is 0 Å². The summed E-state index contributed by atoms with van der Waals surface area (Å²) in [5.74, 6) is 0.636. The molecule has 4 nitrogen and oxygen atoms in total. The summed E-state index contributed by atoms with van der Waals surface area (Å²) in [5, 5.41) is 11.7. The van der Waals surface area contributed by atoms with Crippen molar-refractivity contribution in [1.82, 2.24) is 20.3 Å². The Bertz CT molecular complexity index is 334. The van der Waals surface area contributed by atoms with Crippen LogP contribution in [-0.4, -0.2) is 28.1 Å². The lowest BCUT2D eigenvalue weighted by Gasteiger charge is -2.19. The zero-order chi connectivity index (χ0) is 12.1. The number of nitrogens with one attached hydrogen (secondary N) is 1. The van der Waals surface area contributed by atoms with Gasteiger partial charge in [-0.3, -0.25) is 0 Å². The molecule has 2 rings (SSSR count). The molecule has 2 atom stereocenters. The third-order valence-electron chi connectivity index (χ3n) is 3.83. The Labute approximate surface area is 104 Å². The summed E-state index contributed by atoms with van der Waals surface area (Å²) in [6.07, 6.45) is 9.60. The number of hydrogen-bond acceptors (Lipinski definition) is 3. The highest BCUT2D eigenvalue weighted by atomic mass is 15.4. The highest BCUT2D eigenvalue weighted by Crippen LogP contribution is 2.31. The van der Waals surface area contributed by atoms with E-state index in [9.17, 15) is 0 Å². The van der Waals surface area contributed by atoms with Crippen LogP contribution in [0.15, 0.2) is 6.20 Å². The second-order valence-corrected chi connectivity index (χ2v) is 5.08. The van der Waals surface area contributed by atoms with Gasteiger partial charge in [0.05, 0.1) is 11.9 Å². The second kappa shape index (κ2) is 6.15. The summed E-state index contributed by atoms with van der Waals surface area (Å²) < 4.78 is 2.10. The maximum absolute atomic E-state index is 4.21. The summed E-state index contributed by atoms with van der Waals surface area (Å²) in [4.78, 5) is 0. The van der Waals surface area contributed by atoms with Gasteiger partial charge in [-0.1, -0.05) is 25.0 Å². The van der Waals surface area contributed by atoms with Crippen molar-refractivity contribution in [2.45, 2.75) is 64.0 Å². The first kappa shape index (κ1) is 12.6. The minimum Gasteiger partial charge on any atom is -0.317 e. The lowest BCUT2D eigenvalue weighted by atomic mass is 9.95. The van der Waals surface area contributed by atoms with Gasteiger partial charge in [0.25, 0.3) is 0 Å². The molecule has 0 aliphatic heterocycles. The molecule has 1 heterocycles. The van der Waals surface area contributed by atoms with Crippen LogP contribution < -0.4 is 5.32 Å². The van der Waals surface area contributed by atoms with Gasteiger partial charge in [-0.05, 0) is 32.7 Å². The molecule has 1 aliphatic carbocycles. The predicted octanol–water partition coefficient (Wildman–Crippen LogP) is 2.32. The average Bonchev–Trinajstić information content (AvgIpc) is 2.66. The van der Waals surface area contributed by atoms with Crippen LogP contribution in [-0.2, 0) is 6.54 Å². The topological polar surface area (TPSA) is 42.7 Å². The molecule has 1 aromatic heterocycles. The SMILES string of the molecule is CCCn1nncc1C1CCCCC(NC)C1. The minimum atomic E-state index is 0.636. The highest BCUT2D eigenvalue weighted by Gasteiger charge is 2.23. The van der Waals surface area contributed by atoms with Gasteiger partial charge in [0.2, 0.25) is 0 Å². The van der Waals surface area contributed by atoms with Crippen LogP contribution in [0.1, 0.15) is 57.1 Å². The summed E-state index contributed by atoms with van der Waals surface area (Å²) >= 11 is 0. The molecule has 0 bridgehead atoms. The third kappa shape index (κ3) is 3.06. The van der Waals surface area contributed by atoms with Crippen LogP contribution in [0.2, 0.25) is 0 Å². The van der Waals surface area contributed by atoms with Crippen molar-refractivity contribution in [1.29, 1.82) is 0 Å². The van der Waals surface area contributed by atoms with E-state index in [1.807, 2.05) is 6.20 Å². The molecule has 4 heteroatoms. The zero-order valence-electron chi connectivity index (χ0n) is 11.0. The predicted molar refractivity (Wildman–Crippen MR) is 69.0 cm³/mol. The van der Waals surface area contributed by atoms with Crippen LogP contribution in [0.3, 0.4) is 0 Å². The van der Waals surface area contributed by atoms with E-state index < -0.39 is 0 Å². The fraction of sp³-hybridized carbons (Fsp3) is 0.846. The second-order valence-electron chi connectivity index (χ2n) is 5.08. The van der Waals surface area contributed by atoms with Crippen LogP contribution in [0.4, 0.5) is 0 Å². The van der Waals surface area contributed by atoms with Gasteiger partial charge in [0.1, 0.15) is 0 Å². The monoisotopic (exact) mass is 236 g/mol. The summed E-state index contributed by atoms with van der Waals surface area (Å²) in [7, 11) is 2.08. The Kier molecular flexibility index (Phi) is 4.54. The first-order chi connectivity index (χ1) is 8.35. The van der Waals surface area contributed by atoms with Crippen LogP contribution in [0.25, 0.3) is 0 Å². The molecule has 1 aromatic rings. The molecule has 17 heavy (non-hydrogen) atoms. The van der Waals surface area contributed by atoms with Crippen LogP contribution in [0, 0.1) is 0 Å². The van der Waals surface area contributed by atoms with Gasteiger partial charge < -0.3 is 5.32 Å². The fourth-order valence-electron chi connectivity index (χ4n) is 2.86. The molecule has 96 valence electrons. The normalized spacial score (nSPS) is 25.8. The van der Waals surface area contributed by atoms with E-state index >= 15 is 0 Å². The molecule has 0 aromatic carbocycles. The molecule has 0 spiro atoms. The van der Waals surface area contributed by atoms with Gasteiger partial charge in [-0.25, -0.2) is 4.68 Å². The maximum atomic E-state index is 4.21. The molecule has 0 saturated heterocycles. The molecule has 1 saturated carbocycles. The number of rotatable bonds is 4. The van der Waals surface area contributed by atoms with E-state index in [0.29, 0.717) is 12.0 Å². The zero-order valence-corrected chi connectivity index (χ0v) is 11.0. The van der Waals surface area contributed by atoms with Gasteiger partial charge in [0.15, 0.2) is 0 Å². The molecule has 1 fully saturated rings. The molecular formula is C13H24N4. The van der Waals surface area contributed by atoms with E-state index in [2.05, 4.69) is 34.3 Å². The molecule has 2 unspecified atom stereocenters. The van der Waals surface area contributed by atoms with Gasteiger partial charge >= 0.3 is 0 Å².